The maximum atomic E-state index is 12.0. The van der Waals surface area contributed by atoms with Crippen LogP contribution < -0.4 is 0 Å². The lowest BCUT2D eigenvalue weighted by Crippen LogP contribution is -2.29. The van der Waals surface area contributed by atoms with Crippen LogP contribution in [-0.4, -0.2) is 25.2 Å². The Morgan fingerprint density at radius 1 is 1.17 bits per heavy atom. The molecule has 3 nitrogen and oxygen atoms in total. The number of sulfone groups is 1. The van der Waals surface area contributed by atoms with Gasteiger partial charge in [0.05, 0.1) is 5.75 Å². The first kappa shape index (κ1) is 14.9. The molecular formula is C14H20O3S. The molecule has 0 radical (unpaired) electrons. The fourth-order valence-electron chi connectivity index (χ4n) is 1.73. The predicted molar refractivity (Wildman–Crippen MR) is 73.5 cm³/mol. The van der Waals surface area contributed by atoms with Crippen molar-refractivity contribution in [3.05, 3.63) is 35.9 Å². The van der Waals surface area contributed by atoms with Crippen LogP contribution in [0.2, 0.25) is 0 Å². The molecule has 18 heavy (non-hydrogen) atoms. The summed E-state index contributed by atoms with van der Waals surface area (Å²) < 4.78 is 24.0. The molecule has 1 aromatic rings. The van der Waals surface area contributed by atoms with E-state index in [1.54, 1.807) is 30.3 Å². The SMILES string of the molecule is CCCCCS(=O)(=O)C(C)C(=O)c1ccccc1. The molecule has 0 amide bonds. The van der Waals surface area contributed by atoms with Gasteiger partial charge in [-0.2, -0.15) is 0 Å². The lowest BCUT2D eigenvalue weighted by atomic mass is 10.1. The van der Waals surface area contributed by atoms with Gasteiger partial charge in [0.15, 0.2) is 15.6 Å². The molecule has 1 rings (SSSR count). The average Bonchev–Trinajstić information content (AvgIpc) is 2.38. The van der Waals surface area contributed by atoms with Gasteiger partial charge in [0.2, 0.25) is 0 Å². The van der Waals surface area contributed by atoms with Crippen LogP contribution in [-0.2, 0) is 9.84 Å². The third-order valence-corrected chi connectivity index (χ3v) is 5.15. The fourth-order valence-corrected chi connectivity index (χ4v) is 3.15. The third-order valence-electron chi connectivity index (χ3n) is 3.00. The number of hydrogen-bond donors (Lipinski definition) is 0. The van der Waals surface area contributed by atoms with E-state index in [1.165, 1.54) is 6.92 Å². The quantitative estimate of drug-likeness (QED) is 0.564. The van der Waals surface area contributed by atoms with Crippen LogP contribution in [0.3, 0.4) is 0 Å². The van der Waals surface area contributed by atoms with Gasteiger partial charge in [0.1, 0.15) is 5.25 Å². The maximum absolute atomic E-state index is 12.0. The predicted octanol–water partition coefficient (Wildman–Crippen LogP) is 2.86. The van der Waals surface area contributed by atoms with Crippen molar-refractivity contribution in [1.82, 2.24) is 0 Å². The Morgan fingerprint density at radius 2 is 1.78 bits per heavy atom. The van der Waals surface area contributed by atoms with Crippen molar-refractivity contribution >= 4 is 15.6 Å². The van der Waals surface area contributed by atoms with E-state index in [0.29, 0.717) is 12.0 Å². The Hall–Kier alpha value is -1.16. The number of hydrogen-bond acceptors (Lipinski definition) is 3. The zero-order chi connectivity index (χ0) is 13.6. The van der Waals surface area contributed by atoms with E-state index in [-0.39, 0.29) is 11.5 Å². The van der Waals surface area contributed by atoms with Crippen molar-refractivity contribution in [3.63, 3.8) is 0 Å². The van der Waals surface area contributed by atoms with E-state index in [0.717, 1.165) is 12.8 Å². The molecule has 0 aromatic heterocycles. The topological polar surface area (TPSA) is 51.2 Å². The molecule has 4 heteroatoms. The molecule has 0 heterocycles. The number of ketones is 1. The van der Waals surface area contributed by atoms with Crippen LogP contribution in [0.15, 0.2) is 30.3 Å². The highest BCUT2D eigenvalue weighted by Crippen LogP contribution is 2.12. The number of carbonyl (C=O) groups excluding carboxylic acids is 1. The van der Waals surface area contributed by atoms with Crippen molar-refractivity contribution < 1.29 is 13.2 Å². The van der Waals surface area contributed by atoms with Gasteiger partial charge < -0.3 is 0 Å². The van der Waals surface area contributed by atoms with Gasteiger partial charge in [0, 0.05) is 5.56 Å². The second-order valence-electron chi connectivity index (χ2n) is 4.45. The van der Waals surface area contributed by atoms with Gasteiger partial charge in [-0.15, -0.1) is 0 Å². The van der Waals surface area contributed by atoms with Gasteiger partial charge in [-0.25, -0.2) is 8.42 Å². The van der Waals surface area contributed by atoms with Crippen LogP contribution in [0.25, 0.3) is 0 Å². The lowest BCUT2D eigenvalue weighted by molar-refractivity contribution is 0.0991. The highest BCUT2D eigenvalue weighted by Gasteiger charge is 2.27. The highest BCUT2D eigenvalue weighted by molar-refractivity contribution is 7.92. The second-order valence-corrected chi connectivity index (χ2v) is 6.89. The summed E-state index contributed by atoms with van der Waals surface area (Å²) in [6.45, 7) is 3.50. The molecule has 0 fully saturated rings. The largest absolute Gasteiger partial charge is 0.293 e. The smallest absolute Gasteiger partial charge is 0.180 e. The molecule has 0 saturated heterocycles. The summed E-state index contributed by atoms with van der Waals surface area (Å²) in [7, 11) is -3.33. The maximum Gasteiger partial charge on any atom is 0.180 e. The summed E-state index contributed by atoms with van der Waals surface area (Å²) in [6, 6.07) is 8.59. The van der Waals surface area contributed by atoms with Gasteiger partial charge in [-0.1, -0.05) is 50.1 Å². The lowest BCUT2D eigenvalue weighted by Gasteiger charge is -2.11. The normalized spacial score (nSPS) is 13.2. The molecule has 0 saturated carbocycles. The number of unbranched alkanes of at least 4 members (excludes halogenated alkanes) is 2. The Morgan fingerprint density at radius 3 is 2.33 bits per heavy atom. The summed E-state index contributed by atoms with van der Waals surface area (Å²) >= 11 is 0. The van der Waals surface area contributed by atoms with E-state index in [2.05, 4.69) is 0 Å². The minimum atomic E-state index is -3.33. The molecular weight excluding hydrogens is 248 g/mol. The number of carbonyl (C=O) groups is 1. The Balaban J connectivity index is 2.74. The highest BCUT2D eigenvalue weighted by atomic mass is 32.2. The van der Waals surface area contributed by atoms with E-state index >= 15 is 0 Å². The van der Waals surface area contributed by atoms with Gasteiger partial charge in [-0.05, 0) is 13.3 Å². The van der Waals surface area contributed by atoms with Crippen LogP contribution >= 0.6 is 0 Å². The first-order valence-corrected chi connectivity index (χ1v) is 8.01. The van der Waals surface area contributed by atoms with Crippen LogP contribution in [0.5, 0.6) is 0 Å². The van der Waals surface area contributed by atoms with Crippen molar-refractivity contribution in [3.8, 4) is 0 Å². The molecule has 0 bridgehead atoms. The minimum absolute atomic E-state index is 0.0978. The zero-order valence-corrected chi connectivity index (χ0v) is 11.7. The third kappa shape index (κ3) is 3.95. The summed E-state index contributed by atoms with van der Waals surface area (Å²) in [5.74, 6) is -0.215. The van der Waals surface area contributed by atoms with Crippen molar-refractivity contribution in [1.29, 1.82) is 0 Å². The van der Waals surface area contributed by atoms with Crippen molar-refractivity contribution in [2.75, 3.05) is 5.75 Å². The Labute approximate surface area is 109 Å². The molecule has 0 aliphatic rings. The van der Waals surface area contributed by atoms with Crippen molar-refractivity contribution in [2.45, 2.75) is 38.4 Å². The van der Waals surface area contributed by atoms with E-state index in [4.69, 9.17) is 0 Å². The molecule has 0 aliphatic carbocycles. The molecule has 0 aliphatic heterocycles. The van der Waals surface area contributed by atoms with Gasteiger partial charge in [0.25, 0.3) is 0 Å². The van der Waals surface area contributed by atoms with Gasteiger partial charge >= 0.3 is 0 Å². The Kier molecular flexibility index (Phi) is 5.54. The summed E-state index contributed by atoms with van der Waals surface area (Å²) in [4.78, 5) is 12.0. The molecule has 1 unspecified atom stereocenters. The van der Waals surface area contributed by atoms with Crippen LogP contribution in [0.4, 0.5) is 0 Å². The standard InChI is InChI=1S/C14H20O3S/c1-3-4-8-11-18(16,17)12(2)14(15)13-9-6-5-7-10-13/h5-7,9-10,12H,3-4,8,11H2,1-2H3. The summed E-state index contributed by atoms with van der Waals surface area (Å²) in [5, 5.41) is -0.947. The molecule has 1 aromatic carbocycles. The number of benzene rings is 1. The monoisotopic (exact) mass is 268 g/mol. The number of Topliss-reactive ketones (excluding diaryl/α,β-unsaturated/α-hetero) is 1. The fraction of sp³-hybridized carbons (Fsp3) is 0.500. The second kappa shape index (κ2) is 6.69. The molecule has 0 spiro atoms. The van der Waals surface area contributed by atoms with Crippen LogP contribution in [0, 0.1) is 0 Å². The zero-order valence-electron chi connectivity index (χ0n) is 10.9. The Bertz CT molecular complexity index is 477. The first-order valence-electron chi connectivity index (χ1n) is 6.30. The molecule has 0 N–H and O–H groups in total. The first-order chi connectivity index (χ1) is 8.49. The van der Waals surface area contributed by atoms with E-state index in [1.807, 2.05) is 6.92 Å². The summed E-state index contributed by atoms with van der Waals surface area (Å²) in [5.41, 5.74) is 0.462. The van der Waals surface area contributed by atoms with E-state index in [9.17, 15) is 13.2 Å². The average molecular weight is 268 g/mol. The van der Waals surface area contributed by atoms with Gasteiger partial charge in [-0.3, -0.25) is 4.79 Å². The summed E-state index contributed by atoms with van der Waals surface area (Å²) in [6.07, 6.45) is 2.48. The molecule has 100 valence electrons. The van der Waals surface area contributed by atoms with Crippen molar-refractivity contribution in [2.24, 2.45) is 0 Å². The van der Waals surface area contributed by atoms with Crippen LogP contribution in [0.1, 0.15) is 43.5 Å². The number of rotatable bonds is 7. The van der Waals surface area contributed by atoms with E-state index < -0.39 is 15.1 Å². The molecule has 1 atom stereocenters. The minimum Gasteiger partial charge on any atom is -0.293 e.